The van der Waals surface area contributed by atoms with Crippen molar-refractivity contribution in [1.29, 1.82) is 0 Å². The number of hydrogen-bond donors (Lipinski definition) is 1. The molecule has 28 heavy (non-hydrogen) atoms. The quantitative estimate of drug-likeness (QED) is 0.426. The van der Waals surface area contributed by atoms with Gasteiger partial charge >= 0.3 is 5.97 Å². The van der Waals surface area contributed by atoms with Crippen LogP contribution in [-0.2, 0) is 9.53 Å². The number of halogens is 1. The van der Waals surface area contributed by atoms with Gasteiger partial charge in [-0.25, -0.2) is 0 Å². The Morgan fingerprint density at radius 3 is 2.50 bits per heavy atom. The Morgan fingerprint density at radius 2 is 1.96 bits per heavy atom. The highest BCUT2D eigenvalue weighted by Crippen LogP contribution is 2.27. The van der Waals surface area contributed by atoms with Gasteiger partial charge in [0.2, 0.25) is 0 Å². The Kier molecular flexibility index (Phi) is 9.06. The zero-order valence-electron chi connectivity index (χ0n) is 17.4. The van der Waals surface area contributed by atoms with Crippen molar-refractivity contribution in [2.45, 2.75) is 32.7 Å². The molecule has 1 atom stereocenters. The summed E-state index contributed by atoms with van der Waals surface area (Å²) in [6.07, 6.45) is 1.58. The van der Waals surface area contributed by atoms with E-state index in [1.807, 2.05) is 18.2 Å². The van der Waals surface area contributed by atoms with Crippen molar-refractivity contribution >= 4 is 23.5 Å². The van der Waals surface area contributed by atoms with Gasteiger partial charge in [-0.05, 0) is 37.6 Å². The molecule has 6 nitrogen and oxygen atoms in total. The van der Waals surface area contributed by atoms with Crippen molar-refractivity contribution in [3.8, 4) is 0 Å². The number of likely N-dealkylation sites (N-methyl/N-ethyl adjacent to an activating group) is 1. The Morgan fingerprint density at radius 1 is 1.32 bits per heavy atom. The molecule has 7 heteroatoms. The molecule has 1 N–H and O–H groups in total. The predicted molar refractivity (Wildman–Crippen MR) is 115 cm³/mol. The molecule has 0 bridgehead atoms. The summed E-state index contributed by atoms with van der Waals surface area (Å²) >= 11 is 6.50. The third-order valence-electron chi connectivity index (χ3n) is 5.51. The molecule has 0 spiro atoms. The van der Waals surface area contributed by atoms with E-state index in [1.165, 1.54) is 7.11 Å². The van der Waals surface area contributed by atoms with E-state index in [0.29, 0.717) is 0 Å². The zero-order valence-corrected chi connectivity index (χ0v) is 18.2. The van der Waals surface area contributed by atoms with E-state index in [0.717, 1.165) is 62.1 Å². The monoisotopic (exact) mass is 408 g/mol. The van der Waals surface area contributed by atoms with Gasteiger partial charge in [-0.3, -0.25) is 14.7 Å². The Balaban J connectivity index is 2.05. The van der Waals surface area contributed by atoms with E-state index < -0.39 is 0 Å². The average molecular weight is 409 g/mol. The number of nitrogens with zero attached hydrogens (tertiary/aromatic N) is 3. The summed E-state index contributed by atoms with van der Waals surface area (Å²) in [7, 11) is 3.26. The van der Waals surface area contributed by atoms with Gasteiger partial charge in [0.05, 0.1) is 19.1 Å². The van der Waals surface area contributed by atoms with Gasteiger partial charge in [-0.15, -0.1) is 0 Å². The van der Waals surface area contributed by atoms with Crippen LogP contribution in [0.4, 0.5) is 0 Å². The van der Waals surface area contributed by atoms with E-state index in [4.69, 9.17) is 16.3 Å². The number of rotatable bonds is 7. The highest BCUT2D eigenvalue weighted by Gasteiger charge is 2.28. The van der Waals surface area contributed by atoms with Crippen LogP contribution < -0.4 is 5.32 Å². The number of piperidine rings is 1. The van der Waals surface area contributed by atoms with Gasteiger partial charge in [0.1, 0.15) is 0 Å². The smallest absolute Gasteiger partial charge is 0.308 e. The molecule has 1 aromatic rings. The molecule has 1 saturated heterocycles. The molecule has 0 aliphatic carbocycles. The summed E-state index contributed by atoms with van der Waals surface area (Å²) in [6.45, 7) is 8.52. The first-order chi connectivity index (χ1) is 13.5. The summed E-state index contributed by atoms with van der Waals surface area (Å²) in [5.74, 6) is 0.751. The average Bonchev–Trinajstić information content (AvgIpc) is 2.74. The van der Waals surface area contributed by atoms with E-state index >= 15 is 0 Å². The Labute approximate surface area is 173 Å². The summed E-state index contributed by atoms with van der Waals surface area (Å²) < 4.78 is 4.88. The normalized spacial score (nSPS) is 16.9. The van der Waals surface area contributed by atoms with Crippen LogP contribution in [0.5, 0.6) is 0 Å². The van der Waals surface area contributed by atoms with Gasteiger partial charge in [-0.2, -0.15) is 0 Å². The highest BCUT2D eigenvalue weighted by molar-refractivity contribution is 6.31. The summed E-state index contributed by atoms with van der Waals surface area (Å²) in [5, 5.41) is 4.32. The lowest BCUT2D eigenvalue weighted by atomic mass is 9.97. The molecule has 0 radical (unpaired) electrons. The van der Waals surface area contributed by atoms with Gasteiger partial charge in [-0.1, -0.05) is 43.6 Å². The molecule has 1 heterocycles. The second-order valence-corrected chi connectivity index (χ2v) is 7.38. The van der Waals surface area contributed by atoms with Crippen LogP contribution in [0.1, 0.15) is 38.3 Å². The number of nitrogens with one attached hydrogen (secondary N) is 1. The number of hydrogen-bond acceptors (Lipinski definition) is 4. The van der Waals surface area contributed by atoms with Crippen molar-refractivity contribution in [3.05, 3.63) is 34.9 Å². The van der Waals surface area contributed by atoms with Crippen LogP contribution in [0.2, 0.25) is 5.02 Å². The minimum Gasteiger partial charge on any atom is -0.469 e. The lowest BCUT2D eigenvalue weighted by molar-refractivity contribution is -0.146. The summed E-state index contributed by atoms with van der Waals surface area (Å²) in [4.78, 5) is 20.8. The summed E-state index contributed by atoms with van der Waals surface area (Å²) in [5.41, 5.74) is 1.13. The van der Waals surface area contributed by atoms with Gasteiger partial charge in [0.25, 0.3) is 0 Å². The number of likely N-dealkylation sites (tertiary alicyclic amines) is 1. The Hall–Kier alpha value is -1.79. The van der Waals surface area contributed by atoms with Crippen molar-refractivity contribution < 1.29 is 9.53 Å². The first-order valence-electron chi connectivity index (χ1n) is 10.1. The van der Waals surface area contributed by atoms with Crippen LogP contribution in [0, 0.1) is 5.92 Å². The van der Waals surface area contributed by atoms with Crippen molar-refractivity contribution in [2.75, 3.05) is 46.9 Å². The second kappa shape index (κ2) is 11.3. The van der Waals surface area contributed by atoms with Gasteiger partial charge in [0.15, 0.2) is 5.96 Å². The van der Waals surface area contributed by atoms with E-state index in [9.17, 15) is 4.79 Å². The SMILES string of the molecule is CCN(CC)C(CNC(=NC)N1CCC(C(=O)OC)CC1)c1ccccc1Cl. The fourth-order valence-corrected chi connectivity index (χ4v) is 4.12. The van der Waals surface area contributed by atoms with E-state index in [1.54, 1.807) is 7.05 Å². The summed E-state index contributed by atoms with van der Waals surface area (Å²) in [6, 6.07) is 8.19. The number of esters is 1. The number of aliphatic imine (C=N–C) groups is 1. The van der Waals surface area contributed by atoms with Crippen LogP contribution >= 0.6 is 11.6 Å². The molecule has 1 unspecified atom stereocenters. The molecule has 2 rings (SSSR count). The van der Waals surface area contributed by atoms with E-state index in [2.05, 4.69) is 40.0 Å². The number of carbonyl (C=O) groups is 1. The highest BCUT2D eigenvalue weighted by atomic mass is 35.5. The first-order valence-corrected chi connectivity index (χ1v) is 10.4. The molecule has 0 amide bonds. The van der Waals surface area contributed by atoms with Crippen LogP contribution in [0.15, 0.2) is 29.3 Å². The maximum absolute atomic E-state index is 11.8. The molecule has 1 aromatic carbocycles. The van der Waals surface area contributed by atoms with Crippen LogP contribution in [0.3, 0.4) is 0 Å². The number of carbonyl (C=O) groups excluding carboxylic acids is 1. The fourth-order valence-electron chi connectivity index (χ4n) is 3.86. The lowest BCUT2D eigenvalue weighted by Gasteiger charge is -2.35. The van der Waals surface area contributed by atoms with Gasteiger partial charge in [0, 0.05) is 31.7 Å². The molecule has 1 aliphatic rings. The van der Waals surface area contributed by atoms with Gasteiger partial charge < -0.3 is 15.0 Å². The molecular weight excluding hydrogens is 376 g/mol. The zero-order chi connectivity index (χ0) is 20.5. The molecule has 0 saturated carbocycles. The number of methoxy groups -OCH3 is 1. The molecule has 0 aromatic heterocycles. The molecule has 1 fully saturated rings. The molecular formula is C21H33ClN4O2. The maximum Gasteiger partial charge on any atom is 0.308 e. The lowest BCUT2D eigenvalue weighted by Crippen LogP contribution is -2.48. The third kappa shape index (κ3) is 5.61. The van der Waals surface area contributed by atoms with E-state index in [-0.39, 0.29) is 17.9 Å². The fraction of sp³-hybridized carbons (Fsp3) is 0.619. The maximum atomic E-state index is 11.8. The number of guanidine groups is 1. The molecule has 156 valence electrons. The largest absolute Gasteiger partial charge is 0.469 e. The standard InChI is InChI=1S/C21H33ClN4O2/c1-5-25(6-2)19(17-9-7-8-10-18(17)22)15-24-21(23-3)26-13-11-16(12-14-26)20(27)28-4/h7-10,16,19H,5-6,11-15H2,1-4H3,(H,23,24). The number of benzene rings is 1. The molecule has 1 aliphatic heterocycles. The second-order valence-electron chi connectivity index (χ2n) is 6.97. The van der Waals surface area contributed by atoms with Crippen molar-refractivity contribution in [3.63, 3.8) is 0 Å². The Bertz CT molecular complexity index is 656. The van der Waals surface area contributed by atoms with Crippen molar-refractivity contribution in [1.82, 2.24) is 15.1 Å². The predicted octanol–water partition coefficient (Wildman–Crippen LogP) is 3.18. The minimum absolute atomic E-state index is 0.00842. The first kappa shape index (κ1) is 22.5. The topological polar surface area (TPSA) is 57.2 Å². The van der Waals surface area contributed by atoms with Crippen molar-refractivity contribution in [2.24, 2.45) is 10.9 Å². The minimum atomic E-state index is -0.108. The number of ether oxygens (including phenoxy) is 1. The van der Waals surface area contributed by atoms with Crippen LogP contribution in [-0.4, -0.2) is 68.6 Å². The third-order valence-corrected chi connectivity index (χ3v) is 5.86. The van der Waals surface area contributed by atoms with Crippen LogP contribution in [0.25, 0.3) is 0 Å².